The summed E-state index contributed by atoms with van der Waals surface area (Å²) in [4.78, 5) is 49.3. The first-order chi connectivity index (χ1) is 28.7. The lowest BCUT2D eigenvalue weighted by Gasteiger charge is -2.34. The molecular weight excluding hydrogens is 773 g/mol. The van der Waals surface area contributed by atoms with Crippen molar-refractivity contribution in [2.45, 2.75) is 112 Å². The second kappa shape index (κ2) is 24.1. The summed E-state index contributed by atoms with van der Waals surface area (Å²) in [6.45, 7) is 14.3. The Morgan fingerprint density at radius 2 is 1.73 bits per heavy atom. The Labute approximate surface area is 352 Å². The lowest BCUT2D eigenvalue weighted by Crippen LogP contribution is -2.39. The minimum atomic E-state index is -2.70. The average Bonchev–Trinajstić information content (AvgIpc) is 3.89. The standard InChI is InChI=1S/C38H46F2N6O5.C4H10.C2H6.CH3NO/c1-24-15-31-33(43(2)38(24)50)17-28(51-3)18-34(31)46-13-8-9-25-16-29(30(37(39)40)19-32(25)46)26-20-42-45(22-26)12-7-5-4-6-10-35(48)41-21-36(49)44-14-11-27(47)23-44;1-4(2)3;1-2;2-1-3/h15-20,22,27,37,47H,4-14,21,23H2,1-3H3,(H,41,48);4H,1-3H3;1-2H3;1H,(H2,2,3). The van der Waals surface area contributed by atoms with E-state index in [2.05, 4.69) is 41.8 Å². The van der Waals surface area contributed by atoms with Crippen molar-refractivity contribution >= 4 is 40.5 Å². The van der Waals surface area contributed by atoms with Crippen LogP contribution in [-0.2, 0) is 34.4 Å². The molecule has 2 aliphatic heterocycles. The maximum Gasteiger partial charge on any atom is 0.264 e. The maximum atomic E-state index is 14.7. The number of methoxy groups -OCH3 is 1. The third-order valence-corrected chi connectivity index (χ3v) is 10.0. The molecule has 0 spiro atoms. The number of nitrogens with zero attached hydrogens (tertiary/aromatic N) is 5. The number of β-amino-alcohol motifs (C(OH)–C–C–N with tert-alkyl or cyclic N) is 1. The van der Waals surface area contributed by atoms with Gasteiger partial charge in [0.2, 0.25) is 18.2 Å². The van der Waals surface area contributed by atoms with Crippen LogP contribution in [0.2, 0.25) is 0 Å². The molecule has 0 bridgehead atoms. The van der Waals surface area contributed by atoms with E-state index in [1.54, 1.807) is 47.5 Å². The lowest BCUT2D eigenvalue weighted by atomic mass is 9.92. The summed E-state index contributed by atoms with van der Waals surface area (Å²) in [6.07, 6.45) is 6.21. The Morgan fingerprint density at radius 3 is 2.37 bits per heavy atom. The molecule has 0 saturated carbocycles. The Morgan fingerprint density at radius 1 is 1.05 bits per heavy atom. The number of amides is 3. The molecule has 1 unspecified atom stereocenters. The van der Waals surface area contributed by atoms with Crippen molar-refractivity contribution in [2.24, 2.45) is 18.7 Å². The van der Waals surface area contributed by atoms with Crippen LogP contribution in [0.3, 0.4) is 0 Å². The van der Waals surface area contributed by atoms with Gasteiger partial charge in [-0.1, -0.05) is 47.5 Å². The number of likely N-dealkylation sites (tertiary alicyclic amines) is 1. The van der Waals surface area contributed by atoms with E-state index >= 15 is 0 Å². The third kappa shape index (κ3) is 13.4. The van der Waals surface area contributed by atoms with Gasteiger partial charge in [-0.2, -0.15) is 5.10 Å². The van der Waals surface area contributed by atoms with E-state index in [-0.39, 0.29) is 35.9 Å². The van der Waals surface area contributed by atoms with E-state index < -0.39 is 12.5 Å². The van der Waals surface area contributed by atoms with E-state index in [0.29, 0.717) is 73.4 Å². The topological polar surface area (TPSA) is 165 Å². The van der Waals surface area contributed by atoms with Gasteiger partial charge in [-0.05, 0) is 74.3 Å². The number of alkyl halides is 2. The monoisotopic (exact) mass is 837 g/mol. The Bertz CT molecular complexity index is 2080. The molecule has 2 aromatic heterocycles. The fourth-order valence-corrected chi connectivity index (χ4v) is 7.23. The molecule has 1 saturated heterocycles. The highest BCUT2D eigenvalue weighted by molar-refractivity contribution is 5.97. The molecule has 2 aromatic carbocycles. The number of aryl methyl sites for hydroxylation is 4. The number of hydrogen-bond donors (Lipinski definition) is 3. The maximum absolute atomic E-state index is 14.7. The van der Waals surface area contributed by atoms with Gasteiger partial charge in [0.05, 0.1) is 37.2 Å². The fourth-order valence-electron chi connectivity index (χ4n) is 7.23. The van der Waals surface area contributed by atoms with Crippen molar-refractivity contribution < 1.29 is 33.0 Å². The summed E-state index contributed by atoms with van der Waals surface area (Å²) in [5, 5.41) is 17.6. The number of primary amides is 1. The predicted molar refractivity (Wildman–Crippen MR) is 234 cm³/mol. The highest BCUT2D eigenvalue weighted by atomic mass is 19.3. The van der Waals surface area contributed by atoms with Gasteiger partial charge < -0.3 is 35.3 Å². The van der Waals surface area contributed by atoms with Gasteiger partial charge in [0.25, 0.3) is 12.0 Å². The summed E-state index contributed by atoms with van der Waals surface area (Å²) in [5.74, 6) is 1.07. The van der Waals surface area contributed by atoms with Crippen LogP contribution < -0.4 is 26.2 Å². The van der Waals surface area contributed by atoms with Gasteiger partial charge in [-0.15, -0.1) is 0 Å². The minimum Gasteiger partial charge on any atom is -0.497 e. The van der Waals surface area contributed by atoms with Crippen LogP contribution in [-0.4, -0.2) is 82.0 Å². The smallest absolute Gasteiger partial charge is 0.264 e. The molecule has 60 heavy (non-hydrogen) atoms. The molecule has 4 heterocycles. The summed E-state index contributed by atoms with van der Waals surface area (Å²) in [5.41, 5.74) is 8.91. The lowest BCUT2D eigenvalue weighted by molar-refractivity contribution is -0.132. The number of benzene rings is 2. The number of ether oxygens (including phenoxy) is 1. The second-order valence-corrected chi connectivity index (χ2v) is 15.5. The largest absolute Gasteiger partial charge is 0.497 e. The number of halogens is 2. The molecule has 0 radical (unpaired) electrons. The number of aromatic nitrogens is 3. The number of fused-ring (bicyclic) bond motifs is 2. The minimum absolute atomic E-state index is 0.0503. The number of rotatable bonds is 13. The molecule has 1 atom stereocenters. The molecule has 4 aromatic rings. The molecule has 13 nitrogen and oxygen atoms in total. The Hall–Kier alpha value is -5.31. The number of hydrogen-bond acceptors (Lipinski definition) is 8. The number of pyridine rings is 1. The average molecular weight is 838 g/mol. The number of carbonyl (C=O) groups is 3. The van der Waals surface area contributed by atoms with E-state index in [1.165, 1.54) is 0 Å². The summed E-state index contributed by atoms with van der Waals surface area (Å²) < 4.78 is 38.4. The number of unbranched alkanes of at least 4 members (excludes halogenated alkanes) is 3. The highest BCUT2D eigenvalue weighted by Crippen LogP contribution is 2.44. The van der Waals surface area contributed by atoms with Crippen molar-refractivity contribution in [1.29, 1.82) is 0 Å². The van der Waals surface area contributed by atoms with Crippen molar-refractivity contribution in [2.75, 3.05) is 38.2 Å². The molecule has 15 heteroatoms. The van der Waals surface area contributed by atoms with Crippen LogP contribution in [0.5, 0.6) is 5.75 Å². The number of anilines is 2. The van der Waals surface area contributed by atoms with Crippen LogP contribution >= 0.6 is 0 Å². The number of nitrogens with two attached hydrogens (primary N) is 1. The van der Waals surface area contributed by atoms with Crippen molar-refractivity contribution in [1.82, 2.24) is 24.6 Å². The number of aliphatic hydroxyl groups is 1. The van der Waals surface area contributed by atoms with Gasteiger partial charge in [0.1, 0.15) is 5.75 Å². The van der Waals surface area contributed by atoms with Gasteiger partial charge in [0.15, 0.2) is 0 Å². The number of nitrogens with one attached hydrogen (secondary N) is 1. The van der Waals surface area contributed by atoms with Crippen LogP contribution in [0.1, 0.15) is 103 Å². The molecule has 2 aliphatic rings. The summed E-state index contributed by atoms with van der Waals surface area (Å²) >= 11 is 0. The molecular formula is C45H65F2N7O6. The predicted octanol–water partition coefficient (Wildman–Crippen LogP) is 7.19. The number of carbonyl (C=O) groups excluding carboxylic acids is 3. The zero-order valence-corrected chi connectivity index (χ0v) is 36.6. The van der Waals surface area contributed by atoms with Gasteiger partial charge in [-0.3, -0.25) is 23.9 Å². The zero-order valence-electron chi connectivity index (χ0n) is 36.6. The van der Waals surface area contributed by atoms with Crippen molar-refractivity contribution in [3.8, 4) is 16.9 Å². The summed E-state index contributed by atoms with van der Waals surface area (Å²) in [7, 11) is 3.30. The van der Waals surface area contributed by atoms with E-state index in [4.69, 9.17) is 9.53 Å². The molecule has 1 fully saturated rings. The quantitative estimate of drug-likeness (QED) is 0.0941. The molecule has 0 aliphatic carbocycles. The summed E-state index contributed by atoms with van der Waals surface area (Å²) in [6, 6.07) is 9.07. The van der Waals surface area contributed by atoms with Crippen LogP contribution in [0.15, 0.2) is 47.5 Å². The molecule has 3 amide bonds. The number of aliphatic hydroxyl groups excluding tert-OH is 1. The van der Waals surface area contributed by atoms with Crippen molar-refractivity contribution in [3.05, 3.63) is 69.8 Å². The van der Waals surface area contributed by atoms with Gasteiger partial charge in [0, 0.05) is 85.7 Å². The van der Waals surface area contributed by atoms with Crippen LogP contribution in [0, 0.1) is 12.8 Å². The zero-order chi connectivity index (χ0) is 44.5. The fraction of sp³-hybridized carbons (Fsp3) is 0.533. The molecule has 4 N–H and O–H groups in total. The second-order valence-electron chi connectivity index (χ2n) is 15.5. The first kappa shape index (κ1) is 49.1. The van der Waals surface area contributed by atoms with Gasteiger partial charge in [-0.25, -0.2) is 8.78 Å². The first-order valence-corrected chi connectivity index (χ1v) is 21.0. The highest BCUT2D eigenvalue weighted by Gasteiger charge is 2.27. The Balaban J connectivity index is 0.000000981. The van der Waals surface area contributed by atoms with E-state index in [9.17, 15) is 28.3 Å². The Kier molecular flexibility index (Phi) is 19.7. The van der Waals surface area contributed by atoms with Gasteiger partial charge >= 0.3 is 0 Å². The van der Waals surface area contributed by atoms with Crippen LogP contribution in [0.4, 0.5) is 20.2 Å². The van der Waals surface area contributed by atoms with E-state index in [1.807, 2.05) is 44.3 Å². The third-order valence-electron chi connectivity index (χ3n) is 10.0. The normalized spacial score (nSPS) is 14.4. The van der Waals surface area contributed by atoms with Crippen molar-refractivity contribution in [3.63, 3.8) is 0 Å². The van der Waals surface area contributed by atoms with E-state index in [0.717, 1.165) is 60.3 Å². The van der Waals surface area contributed by atoms with Crippen LogP contribution in [0.25, 0.3) is 22.0 Å². The first-order valence-electron chi connectivity index (χ1n) is 21.0. The SMILES string of the molecule is CC.CC(C)C.COc1cc(N2CCCc3cc(-c4cnn(CCCCCCC(=O)NCC(=O)N5CCC(O)C5)c4)c(C(F)F)cc32)c2cc(C)c(=O)n(C)c2c1.NC=O. The molecule has 330 valence electrons. The molecule has 6 rings (SSSR count).